The molecule has 2 aromatic rings. The standard InChI is InChI=1S/C17H14O3/c18-17(19)9-14-8-13-6-7-15(10-16(13)14)20-11-12-4-2-1-3-5-12/h1-7,9-10H,8,11H2,(H,18,19). The van der Waals surface area contributed by atoms with Gasteiger partial charge in [-0.2, -0.15) is 0 Å². The maximum Gasteiger partial charge on any atom is 0.328 e. The lowest BCUT2D eigenvalue weighted by Gasteiger charge is -2.23. The molecule has 3 rings (SSSR count). The average Bonchev–Trinajstić information content (AvgIpc) is 2.44. The number of fused-ring (bicyclic) bond motifs is 1. The van der Waals surface area contributed by atoms with Crippen LogP contribution in [0.4, 0.5) is 0 Å². The summed E-state index contributed by atoms with van der Waals surface area (Å²) in [7, 11) is 0. The maximum absolute atomic E-state index is 10.7. The second-order valence-electron chi connectivity index (χ2n) is 4.78. The third-order valence-corrected chi connectivity index (χ3v) is 3.35. The first-order valence-corrected chi connectivity index (χ1v) is 6.46. The summed E-state index contributed by atoms with van der Waals surface area (Å²) in [4.78, 5) is 10.7. The first-order chi connectivity index (χ1) is 9.72. The van der Waals surface area contributed by atoms with Crippen LogP contribution >= 0.6 is 0 Å². The number of hydrogen-bond donors (Lipinski definition) is 1. The monoisotopic (exact) mass is 266 g/mol. The van der Waals surface area contributed by atoms with Crippen LogP contribution in [0.5, 0.6) is 5.75 Å². The molecule has 0 spiro atoms. The number of ether oxygens (including phenoxy) is 1. The molecule has 0 saturated carbocycles. The van der Waals surface area contributed by atoms with Crippen LogP contribution < -0.4 is 4.74 Å². The van der Waals surface area contributed by atoms with Gasteiger partial charge in [0.1, 0.15) is 12.4 Å². The largest absolute Gasteiger partial charge is 0.489 e. The fourth-order valence-corrected chi connectivity index (χ4v) is 2.31. The lowest BCUT2D eigenvalue weighted by atomic mass is 9.82. The van der Waals surface area contributed by atoms with Crippen LogP contribution in [0.1, 0.15) is 16.7 Å². The molecule has 20 heavy (non-hydrogen) atoms. The number of rotatable bonds is 4. The summed E-state index contributed by atoms with van der Waals surface area (Å²) in [5.41, 5.74) is 4.12. The van der Waals surface area contributed by atoms with E-state index in [4.69, 9.17) is 9.84 Å². The molecule has 0 saturated heterocycles. The fourth-order valence-electron chi connectivity index (χ4n) is 2.31. The second kappa shape index (κ2) is 5.21. The van der Waals surface area contributed by atoms with Gasteiger partial charge in [0, 0.05) is 6.08 Å². The molecule has 0 aromatic heterocycles. The Bertz CT molecular complexity index is 672. The van der Waals surface area contributed by atoms with E-state index in [0.29, 0.717) is 6.61 Å². The predicted molar refractivity (Wildman–Crippen MR) is 76.5 cm³/mol. The van der Waals surface area contributed by atoms with E-state index in [9.17, 15) is 4.79 Å². The van der Waals surface area contributed by atoms with E-state index < -0.39 is 5.97 Å². The molecule has 3 nitrogen and oxygen atoms in total. The maximum atomic E-state index is 10.7. The molecule has 1 N–H and O–H groups in total. The molecule has 3 heteroatoms. The fraction of sp³-hybridized carbons (Fsp3) is 0.118. The van der Waals surface area contributed by atoms with E-state index in [1.165, 1.54) is 11.6 Å². The molecule has 1 aliphatic carbocycles. The van der Waals surface area contributed by atoms with Crippen molar-refractivity contribution in [3.8, 4) is 5.75 Å². The van der Waals surface area contributed by atoms with Crippen LogP contribution in [0, 0.1) is 0 Å². The summed E-state index contributed by atoms with van der Waals surface area (Å²) in [6, 6.07) is 15.8. The van der Waals surface area contributed by atoms with E-state index in [0.717, 1.165) is 28.9 Å². The SMILES string of the molecule is O=C(O)C=C1Cc2ccc(OCc3ccccc3)cc21. The van der Waals surface area contributed by atoms with E-state index >= 15 is 0 Å². The highest BCUT2D eigenvalue weighted by Gasteiger charge is 2.20. The molecule has 0 radical (unpaired) electrons. The number of allylic oxidation sites excluding steroid dienone is 1. The summed E-state index contributed by atoms with van der Waals surface area (Å²) in [5, 5.41) is 8.79. The van der Waals surface area contributed by atoms with Crippen molar-refractivity contribution in [3.05, 3.63) is 71.3 Å². The number of hydrogen-bond acceptors (Lipinski definition) is 2. The van der Waals surface area contributed by atoms with Crippen molar-refractivity contribution in [2.75, 3.05) is 0 Å². The van der Waals surface area contributed by atoms with Gasteiger partial charge in [-0.05, 0) is 40.8 Å². The minimum Gasteiger partial charge on any atom is -0.489 e. The highest BCUT2D eigenvalue weighted by molar-refractivity contribution is 5.94. The van der Waals surface area contributed by atoms with Crippen molar-refractivity contribution in [1.29, 1.82) is 0 Å². The van der Waals surface area contributed by atoms with Gasteiger partial charge in [-0.15, -0.1) is 0 Å². The van der Waals surface area contributed by atoms with Crippen molar-refractivity contribution in [1.82, 2.24) is 0 Å². The molecule has 1 aliphatic rings. The van der Waals surface area contributed by atoms with Gasteiger partial charge in [0.05, 0.1) is 0 Å². The molecule has 0 aliphatic heterocycles. The van der Waals surface area contributed by atoms with Crippen LogP contribution in [0.25, 0.3) is 5.57 Å². The molecular formula is C17H14O3. The summed E-state index contributed by atoms with van der Waals surface area (Å²) in [6.45, 7) is 0.512. The van der Waals surface area contributed by atoms with Crippen molar-refractivity contribution in [3.63, 3.8) is 0 Å². The zero-order valence-corrected chi connectivity index (χ0v) is 10.9. The van der Waals surface area contributed by atoms with Crippen molar-refractivity contribution < 1.29 is 14.6 Å². The molecular weight excluding hydrogens is 252 g/mol. The van der Waals surface area contributed by atoms with Crippen molar-refractivity contribution in [2.45, 2.75) is 13.0 Å². The highest BCUT2D eigenvalue weighted by atomic mass is 16.5. The predicted octanol–water partition coefficient (Wildman–Crippen LogP) is 3.29. The molecule has 100 valence electrons. The van der Waals surface area contributed by atoms with Gasteiger partial charge in [0.25, 0.3) is 0 Å². The van der Waals surface area contributed by atoms with Crippen LogP contribution in [0.2, 0.25) is 0 Å². The Morgan fingerprint density at radius 2 is 2.00 bits per heavy atom. The molecule has 0 amide bonds. The minimum atomic E-state index is -0.902. The van der Waals surface area contributed by atoms with Crippen LogP contribution in [-0.2, 0) is 17.8 Å². The highest BCUT2D eigenvalue weighted by Crippen LogP contribution is 2.36. The first kappa shape index (κ1) is 12.5. The third kappa shape index (κ3) is 2.57. The zero-order valence-electron chi connectivity index (χ0n) is 10.9. The summed E-state index contributed by atoms with van der Waals surface area (Å²) in [6.07, 6.45) is 1.99. The lowest BCUT2D eigenvalue weighted by Crippen LogP contribution is -2.09. The number of carbonyl (C=O) groups is 1. The third-order valence-electron chi connectivity index (χ3n) is 3.35. The molecule has 0 heterocycles. The Labute approximate surface area is 117 Å². The Morgan fingerprint density at radius 3 is 2.75 bits per heavy atom. The second-order valence-corrected chi connectivity index (χ2v) is 4.78. The number of carboxylic acids is 1. The normalized spacial score (nSPS) is 14.5. The van der Waals surface area contributed by atoms with Gasteiger partial charge >= 0.3 is 5.97 Å². The Kier molecular flexibility index (Phi) is 3.25. The van der Waals surface area contributed by atoms with E-state index in [1.807, 2.05) is 48.5 Å². The summed E-state index contributed by atoms with van der Waals surface area (Å²) < 4.78 is 5.74. The lowest BCUT2D eigenvalue weighted by molar-refractivity contribution is -0.131. The summed E-state index contributed by atoms with van der Waals surface area (Å²) in [5.74, 6) is -0.134. The van der Waals surface area contributed by atoms with E-state index in [2.05, 4.69) is 0 Å². The quantitative estimate of drug-likeness (QED) is 0.864. The molecule has 0 fully saturated rings. The van der Waals surface area contributed by atoms with Crippen molar-refractivity contribution in [2.24, 2.45) is 0 Å². The van der Waals surface area contributed by atoms with Crippen molar-refractivity contribution >= 4 is 11.5 Å². The zero-order chi connectivity index (χ0) is 13.9. The minimum absolute atomic E-state index is 0.512. The van der Waals surface area contributed by atoms with Crippen LogP contribution in [0.15, 0.2) is 54.6 Å². The Morgan fingerprint density at radius 1 is 1.20 bits per heavy atom. The van der Waals surface area contributed by atoms with Gasteiger partial charge < -0.3 is 9.84 Å². The topological polar surface area (TPSA) is 46.5 Å². The van der Waals surface area contributed by atoms with Gasteiger partial charge in [0.15, 0.2) is 0 Å². The number of aliphatic carboxylic acids is 1. The van der Waals surface area contributed by atoms with E-state index in [1.54, 1.807) is 0 Å². The molecule has 0 bridgehead atoms. The van der Waals surface area contributed by atoms with Gasteiger partial charge in [-0.25, -0.2) is 4.79 Å². The van der Waals surface area contributed by atoms with E-state index in [-0.39, 0.29) is 0 Å². The average molecular weight is 266 g/mol. The Hall–Kier alpha value is -2.55. The number of carboxylic acid groups (broad SMARTS) is 1. The van der Waals surface area contributed by atoms with Crippen LogP contribution in [0.3, 0.4) is 0 Å². The molecule has 2 aromatic carbocycles. The molecule has 0 atom stereocenters. The first-order valence-electron chi connectivity index (χ1n) is 6.46. The van der Waals surface area contributed by atoms with Gasteiger partial charge in [-0.1, -0.05) is 36.4 Å². The smallest absolute Gasteiger partial charge is 0.328 e. The van der Waals surface area contributed by atoms with Gasteiger partial charge in [0.2, 0.25) is 0 Å². The Balaban J connectivity index is 1.73. The number of benzene rings is 2. The summed E-state index contributed by atoms with van der Waals surface area (Å²) >= 11 is 0. The van der Waals surface area contributed by atoms with Crippen LogP contribution in [-0.4, -0.2) is 11.1 Å². The van der Waals surface area contributed by atoms with Gasteiger partial charge in [-0.3, -0.25) is 0 Å². The molecule has 0 unspecified atom stereocenters.